The lowest BCUT2D eigenvalue weighted by atomic mass is 10.0. The van der Waals surface area contributed by atoms with Gasteiger partial charge in [-0.25, -0.2) is 4.98 Å². The first-order valence-corrected chi connectivity index (χ1v) is 6.81. The number of nitrogens with zero attached hydrogens (tertiary/aromatic N) is 4. The Kier molecular flexibility index (Phi) is 5.06. The Morgan fingerprint density at radius 1 is 1.35 bits per heavy atom. The van der Waals surface area contributed by atoms with Gasteiger partial charge in [-0.15, -0.1) is 5.10 Å². The second-order valence-corrected chi connectivity index (χ2v) is 4.70. The molecule has 6 nitrogen and oxygen atoms in total. The summed E-state index contributed by atoms with van der Waals surface area (Å²) in [6.07, 6.45) is 5.59. The van der Waals surface area contributed by atoms with Crippen LogP contribution in [-0.2, 0) is 13.5 Å². The number of aromatic nitrogens is 4. The molecule has 2 aromatic heterocycles. The third-order valence-corrected chi connectivity index (χ3v) is 3.19. The quantitative estimate of drug-likeness (QED) is 0.829. The molecule has 6 heteroatoms. The summed E-state index contributed by atoms with van der Waals surface area (Å²) < 4.78 is 6.89. The first-order chi connectivity index (χ1) is 9.74. The topological polar surface area (TPSA) is 64.9 Å². The largest absolute Gasteiger partial charge is 0.481 e. The zero-order chi connectivity index (χ0) is 14.4. The smallest absolute Gasteiger partial charge is 0.212 e. The Morgan fingerprint density at radius 3 is 2.75 bits per heavy atom. The van der Waals surface area contributed by atoms with Gasteiger partial charge in [0.2, 0.25) is 5.88 Å². The fourth-order valence-corrected chi connectivity index (χ4v) is 2.10. The molecule has 0 bridgehead atoms. The van der Waals surface area contributed by atoms with Gasteiger partial charge in [0, 0.05) is 19.3 Å². The van der Waals surface area contributed by atoms with E-state index in [4.69, 9.17) is 4.74 Å². The van der Waals surface area contributed by atoms with Crippen LogP contribution in [-0.4, -0.2) is 33.6 Å². The predicted molar refractivity (Wildman–Crippen MR) is 76.5 cm³/mol. The molecule has 1 N–H and O–H groups in total. The highest BCUT2D eigenvalue weighted by Crippen LogP contribution is 2.18. The van der Waals surface area contributed by atoms with Crippen LogP contribution in [0.2, 0.25) is 0 Å². The first kappa shape index (κ1) is 14.5. The molecule has 0 aromatic carbocycles. The third kappa shape index (κ3) is 3.54. The molecule has 2 aromatic rings. The van der Waals surface area contributed by atoms with E-state index in [9.17, 15) is 0 Å². The minimum Gasteiger partial charge on any atom is -0.481 e. The van der Waals surface area contributed by atoms with Crippen molar-refractivity contribution < 1.29 is 4.74 Å². The van der Waals surface area contributed by atoms with E-state index in [1.54, 1.807) is 7.11 Å². The Labute approximate surface area is 119 Å². The summed E-state index contributed by atoms with van der Waals surface area (Å²) in [4.78, 5) is 4.25. The molecule has 0 fully saturated rings. The average molecular weight is 275 g/mol. The molecule has 2 heterocycles. The third-order valence-electron chi connectivity index (χ3n) is 3.19. The van der Waals surface area contributed by atoms with Gasteiger partial charge in [0.25, 0.3) is 0 Å². The Morgan fingerprint density at radius 2 is 2.20 bits per heavy atom. The van der Waals surface area contributed by atoms with Crippen molar-refractivity contribution in [3.63, 3.8) is 0 Å². The zero-order valence-electron chi connectivity index (χ0n) is 12.2. The molecule has 1 unspecified atom stereocenters. The summed E-state index contributed by atoms with van der Waals surface area (Å²) in [5.74, 6) is 0.633. The number of hydrogen-bond donors (Lipinski definition) is 1. The number of nitrogens with one attached hydrogen (secondary N) is 1. The van der Waals surface area contributed by atoms with Crippen LogP contribution >= 0.6 is 0 Å². The minimum atomic E-state index is 0.185. The highest BCUT2D eigenvalue weighted by atomic mass is 16.5. The van der Waals surface area contributed by atoms with Crippen molar-refractivity contribution in [1.29, 1.82) is 0 Å². The summed E-state index contributed by atoms with van der Waals surface area (Å²) >= 11 is 0. The fraction of sp³-hybridized carbons (Fsp3) is 0.500. The minimum absolute atomic E-state index is 0.185. The summed E-state index contributed by atoms with van der Waals surface area (Å²) in [5, 5.41) is 11.5. The van der Waals surface area contributed by atoms with Crippen LogP contribution < -0.4 is 10.1 Å². The first-order valence-electron chi connectivity index (χ1n) is 6.81. The van der Waals surface area contributed by atoms with Gasteiger partial charge in [0.05, 0.1) is 25.0 Å². The van der Waals surface area contributed by atoms with E-state index in [2.05, 4.69) is 27.5 Å². The Bertz CT molecular complexity index is 523. The lowest BCUT2D eigenvalue weighted by Crippen LogP contribution is -2.26. The summed E-state index contributed by atoms with van der Waals surface area (Å²) in [5.41, 5.74) is 2.23. The second kappa shape index (κ2) is 7.00. The molecule has 0 amide bonds. The van der Waals surface area contributed by atoms with Crippen LogP contribution in [0.1, 0.15) is 30.6 Å². The van der Waals surface area contributed by atoms with Crippen molar-refractivity contribution in [1.82, 2.24) is 25.3 Å². The van der Waals surface area contributed by atoms with Crippen LogP contribution in [0, 0.1) is 0 Å². The second-order valence-electron chi connectivity index (χ2n) is 4.70. The van der Waals surface area contributed by atoms with Gasteiger partial charge in [0.15, 0.2) is 0 Å². The molecular formula is C14H21N5O. The van der Waals surface area contributed by atoms with E-state index in [0.717, 1.165) is 30.6 Å². The monoisotopic (exact) mass is 275 g/mol. The molecule has 0 saturated heterocycles. The number of methoxy groups -OCH3 is 1. The van der Waals surface area contributed by atoms with Crippen LogP contribution in [0.3, 0.4) is 0 Å². The highest BCUT2D eigenvalue weighted by molar-refractivity contribution is 5.20. The Balaban J connectivity index is 2.12. The van der Waals surface area contributed by atoms with Gasteiger partial charge in [-0.3, -0.25) is 4.68 Å². The van der Waals surface area contributed by atoms with Gasteiger partial charge < -0.3 is 10.1 Å². The summed E-state index contributed by atoms with van der Waals surface area (Å²) in [6, 6.07) is 4.11. The van der Waals surface area contributed by atoms with Crippen molar-refractivity contribution in [2.45, 2.75) is 25.8 Å². The maximum Gasteiger partial charge on any atom is 0.212 e. The van der Waals surface area contributed by atoms with Crippen molar-refractivity contribution in [2.24, 2.45) is 7.05 Å². The molecular weight excluding hydrogens is 254 g/mol. The van der Waals surface area contributed by atoms with Gasteiger partial charge >= 0.3 is 0 Å². The van der Waals surface area contributed by atoms with E-state index in [1.165, 1.54) is 0 Å². The van der Waals surface area contributed by atoms with Gasteiger partial charge in [0.1, 0.15) is 0 Å². The van der Waals surface area contributed by atoms with E-state index in [0.29, 0.717) is 5.88 Å². The van der Waals surface area contributed by atoms with E-state index in [1.807, 2.05) is 36.3 Å². The number of ether oxygens (including phenoxy) is 1. The number of aryl methyl sites for hydroxylation is 1. The maximum absolute atomic E-state index is 5.08. The zero-order valence-corrected chi connectivity index (χ0v) is 12.2. The van der Waals surface area contributed by atoms with Gasteiger partial charge in [-0.2, -0.15) is 0 Å². The van der Waals surface area contributed by atoms with Crippen LogP contribution in [0.4, 0.5) is 0 Å². The molecule has 0 aliphatic rings. The Hall–Kier alpha value is -1.95. The SMILES string of the molecule is CCCNC(Cc1ccc(OC)nc1)c1cnnn1C. The lowest BCUT2D eigenvalue weighted by molar-refractivity contribution is 0.397. The summed E-state index contributed by atoms with van der Waals surface area (Å²) in [7, 11) is 3.53. The van der Waals surface area contributed by atoms with Crippen LogP contribution in [0.25, 0.3) is 0 Å². The molecule has 0 spiro atoms. The predicted octanol–water partition coefficient (Wildman–Crippen LogP) is 1.50. The van der Waals surface area contributed by atoms with Gasteiger partial charge in [-0.1, -0.05) is 18.2 Å². The van der Waals surface area contributed by atoms with E-state index in [-0.39, 0.29) is 6.04 Å². The fourth-order valence-electron chi connectivity index (χ4n) is 2.10. The van der Waals surface area contributed by atoms with Crippen molar-refractivity contribution in [2.75, 3.05) is 13.7 Å². The van der Waals surface area contributed by atoms with Crippen LogP contribution in [0.15, 0.2) is 24.5 Å². The molecule has 1 atom stereocenters. The number of pyridine rings is 1. The molecule has 0 aliphatic carbocycles. The van der Waals surface area contributed by atoms with Crippen molar-refractivity contribution >= 4 is 0 Å². The average Bonchev–Trinajstić information content (AvgIpc) is 2.90. The van der Waals surface area contributed by atoms with Crippen LogP contribution in [0.5, 0.6) is 5.88 Å². The summed E-state index contributed by atoms with van der Waals surface area (Å²) in [6.45, 7) is 3.11. The standard InChI is InChI=1S/C14H21N5O/c1-4-7-15-12(13-10-17-18-19(13)2)8-11-5-6-14(20-3)16-9-11/h5-6,9-10,12,15H,4,7-8H2,1-3H3. The molecule has 2 rings (SSSR count). The van der Waals surface area contributed by atoms with E-state index < -0.39 is 0 Å². The molecule has 20 heavy (non-hydrogen) atoms. The number of hydrogen-bond acceptors (Lipinski definition) is 5. The molecule has 0 radical (unpaired) electrons. The molecule has 108 valence electrons. The van der Waals surface area contributed by atoms with Gasteiger partial charge in [-0.05, 0) is 24.9 Å². The van der Waals surface area contributed by atoms with E-state index >= 15 is 0 Å². The molecule has 0 aliphatic heterocycles. The van der Waals surface area contributed by atoms with Crippen molar-refractivity contribution in [3.8, 4) is 5.88 Å². The normalized spacial score (nSPS) is 12.3. The highest BCUT2D eigenvalue weighted by Gasteiger charge is 2.16. The lowest BCUT2D eigenvalue weighted by Gasteiger charge is -2.18. The number of rotatable bonds is 7. The van der Waals surface area contributed by atoms with Crippen molar-refractivity contribution in [3.05, 3.63) is 35.8 Å². The maximum atomic E-state index is 5.08. The molecule has 0 saturated carbocycles.